The number of rotatable bonds is 6. The van der Waals surface area contributed by atoms with E-state index in [1.54, 1.807) is 6.20 Å². The summed E-state index contributed by atoms with van der Waals surface area (Å²) in [6, 6.07) is 8.09. The molecule has 1 aromatic heterocycles. The van der Waals surface area contributed by atoms with Crippen LogP contribution in [0, 0.1) is 6.92 Å². The van der Waals surface area contributed by atoms with Crippen LogP contribution in [-0.4, -0.2) is 22.7 Å². The Balaban J connectivity index is 1.86. The van der Waals surface area contributed by atoms with Crippen LogP contribution in [0.4, 0.5) is 5.95 Å². The second kappa shape index (κ2) is 6.10. The molecule has 0 saturated carbocycles. The van der Waals surface area contributed by atoms with Crippen molar-refractivity contribution >= 4 is 5.95 Å². The van der Waals surface area contributed by atoms with Crippen molar-refractivity contribution in [3.8, 4) is 5.75 Å². The molecule has 0 unspecified atom stereocenters. The van der Waals surface area contributed by atoms with Gasteiger partial charge in [0.15, 0.2) is 0 Å². The number of nitrogens with one attached hydrogen (secondary N) is 1. The molecule has 0 radical (unpaired) electrons. The molecule has 1 N–H and O–H groups in total. The number of aryl methyl sites for hydroxylation is 1. The average molecular weight is 245 g/mol. The maximum atomic E-state index is 5.72. The zero-order valence-electron chi connectivity index (χ0n) is 10.9. The second-order valence-corrected chi connectivity index (χ2v) is 4.14. The first-order valence-corrected chi connectivity index (χ1v) is 6.24. The van der Waals surface area contributed by atoms with E-state index in [4.69, 9.17) is 4.74 Å². The first kappa shape index (κ1) is 12.5. The minimum atomic E-state index is 0.637. The van der Waals surface area contributed by atoms with Gasteiger partial charge in [0.25, 0.3) is 0 Å². The quantitative estimate of drug-likeness (QED) is 0.850. The van der Waals surface area contributed by atoms with Crippen molar-refractivity contribution in [1.82, 2.24) is 9.55 Å². The van der Waals surface area contributed by atoms with Crippen molar-refractivity contribution in [2.75, 3.05) is 18.5 Å². The van der Waals surface area contributed by atoms with Crippen LogP contribution in [0.15, 0.2) is 36.7 Å². The smallest absolute Gasteiger partial charge is 0.202 e. The number of hydrogen-bond acceptors (Lipinski definition) is 3. The highest BCUT2D eigenvalue weighted by Crippen LogP contribution is 2.12. The van der Waals surface area contributed by atoms with E-state index in [1.165, 1.54) is 5.56 Å². The summed E-state index contributed by atoms with van der Waals surface area (Å²) >= 11 is 0. The van der Waals surface area contributed by atoms with E-state index in [9.17, 15) is 0 Å². The fourth-order valence-electron chi connectivity index (χ4n) is 1.78. The summed E-state index contributed by atoms with van der Waals surface area (Å²) < 4.78 is 7.77. The number of benzene rings is 1. The van der Waals surface area contributed by atoms with Gasteiger partial charge in [-0.05, 0) is 31.5 Å². The van der Waals surface area contributed by atoms with Crippen LogP contribution >= 0.6 is 0 Å². The van der Waals surface area contributed by atoms with Crippen LogP contribution in [-0.2, 0) is 6.54 Å². The highest BCUT2D eigenvalue weighted by molar-refractivity contribution is 5.27. The molecule has 0 bridgehead atoms. The van der Waals surface area contributed by atoms with Crippen LogP contribution in [0.25, 0.3) is 0 Å². The number of anilines is 1. The Kier molecular flexibility index (Phi) is 4.23. The molecule has 0 atom stereocenters. The lowest BCUT2D eigenvalue weighted by molar-refractivity contribution is 0.299. The lowest BCUT2D eigenvalue weighted by Gasteiger charge is -2.10. The highest BCUT2D eigenvalue weighted by atomic mass is 16.5. The predicted octanol–water partition coefficient (Wildman–Crippen LogP) is 2.70. The van der Waals surface area contributed by atoms with E-state index in [0.29, 0.717) is 6.61 Å². The summed E-state index contributed by atoms with van der Waals surface area (Å²) in [7, 11) is 0. The zero-order valence-corrected chi connectivity index (χ0v) is 10.9. The van der Waals surface area contributed by atoms with E-state index in [2.05, 4.69) is 34.8 Å². The molecule has 2 aromatic rings. The summed E-state index contributed by atoms with van der Waals surface area (Å²) in [5, 5.41) is 3.21. The minimum Gasteiger partial charge on any atom is -0.492 e. The molecule has 0 amide bonds. The normalized spacial score (nSPS) is 10.3. The van der Waals surface area contributed by atoms with Gasteiger partial charge in [0, 0.05) is 18.9 Å². The summed E-state index contributed by atoms with van der Waals surface area (Å²) in [5.74, 6) is 1.81. The number of nitrogens with zero attached hydrogens (tertiary/aromatic N) is 2. The SMILES string of the molecule is CCNc1nccn1CCOc1cccc(C)c1. The molecule has 2 rings (SSSR count). The molecular formula is C14H19N3O. The van der Waals surface area contributed by atoms with Crippen molar-refractivity contribution in [1.29, 1.82) is 0 Å². The molecule has 0 saturated heterocycles. The molecule has 0 fully saturated rings. The fourth-order valence-corrected chi connectivity index (χ4v) is 1.78. The van der Waals surface area contributed by atoms with Gasteiger partial charge in [0.2, 0.25) is 5.95 Å². The Labute approximate surface area is 108 Å². The Morgan fingerprint density at radius 2 is 2.28 bits per heavy atom. The Bertz CT molecular complexity index is 493. The molecule has 0 spiro atoms. The molecule has 1 heterocycles. The van der Waals surface area contributed by atoms with E-state index in [0.717, 1.165) is 24.8 Å². The van der Waals surface area contributed by atoms with Gasteiger partial charge in [-0.3, -0.25) is 0 Å². The topological polar surface area (TPSA) is 39.1 Å². The van der Waals surface area contributed by atoms with Crippen LogP contribution < -0.4 is 10.1 Å². The lowest BCUT2D eigenvalue weighted by atomic mass is 10.2. The van der Waals surface area contributed by atoms with Gasteiger partial charge in [0.05, 0.1) is 6.54 Å². The van der Waals surface area contributed by atoms with Crippen LogP contribution in [0.2, 0.25) is 0 Å². The molecule has 4 heteroatoms. The van der Waals surface area contributed by atoms with Crippen LogP contribution in [0.3, 0.4) is 0 Å². The van der Waals surface area contributed by atoms with Crippen LogP contribution in [0.1, 0.15) is 12.5 Å². The number of imidazole rings is 1. The van der Waals surface area contributed by atoms with Crippen molar-refractivity contribution in [3.05, 3.63) is 42.2 Å². The van der Waals surface area contributed by atoms with Gasteiger partial charge in [-0.2, -0.15) is 0 Å². The van der Waals surface area contributed by atoms with Gasteiger partial charge in [-0.1, -0.05) is 12.1 Å². The maximum absolute atomic E-state index is 5.72. The number of hydrogen-bond donors (Lipinski definition) is 1. The van der Waals surface area contributed by atoms with E-state index in [1.807, 2.05) is 24.4 Å². The highest BCUT2D eigenvalue weighted by Gasteiger charge is 2.01. The van der Waals surface area contributed by atoms with Crippen molar-refractivity contribution in [3.63, 3.8) is 0 Å². The molecule has 4 nitrogen and oxygen atoms in total. The molecule has 1 aromatic carbocycles. The van der Waals surface area contributed by atoms with Gasteiger partial charge >= 0.3 is 0 Å². The molecule has 0 aliphatic heterocycles. The Morgan fingerprint density at radius 1 is 1.39 bits per heavy atom. The van der Waals surface area contributed by atoms with E-state index >= 15 is 0 Å². The van der Waals surface area contributed by atoms with Gasteiger partial charge in [0.1, 0.15) is 12.4 Å². The average Bonchev–Trinajstić information content (AvgIpc) is 2.78. The summed E-state index contributed by atoms with van der Waals surface area (Å²) in [5.41, 5.74) is 1.21. The minimum absolute atomic E-state index is 0.637. The Morgan fingerprint density at radius 3 is 3.06 bits per heavy atom. The van der Waals surface area contributed by atoms with Gasteiger partial charge < -0.3 is 14.6 Å². The zero-order chi connectivity index (χ0) is 12.8. The van der Waals surface area contributed by atoms with Gasteiger partial charge in [-0.25, -0.2) is 4.98 Å². The molecule has 18 heavy (non-hydrogen) atoms. The monoisotopic (exact) mass is 245 g/mol. The molecule has 0 aliphatic carbocycles. The third-order valence-corrected chi connectivity index (χ3v) is 2.64. The lowest BCUT2D eigenvalue weighted by Crippen LogP contribution is -2.11. The van der Waals surface area contributed by atoms with Crippen molar-refractivity contribution < 1.29 is 4.74 Å². The standard InChI is InChI=1S/C14H19N3O/c1-3-15-14-16-7-8-17(14)9-10-18-13-6-4-5-12(2)11-13/h4-8,11H,3,9-10H2,1-2H3,(H,15,16). The first-order valence-electron chi connectivity index (χ1n) is 6.24. The predicted molar refractivity (Wildman–Crippen MR) is 73.1 cm³/mol. The Hall–Kier alpha value is -1.97. The van der Waals surface area contributed by atoms with Crippen molar-refractivity contribution in [2.24, 2.45) is 0 Å². The summed E-state index contributed by atoms with van der Waals surface area (Å²) in [4.78, 5) is 4.24. The third-order valence-electron chi connectivity index (χ3n) is 2.64. The number of aromatic nitrogens is 2. The molecule has 0 aliphatic rings. The number of ether oxygens (including phenoxy) is 1. The third kappa shape index (κ3) is 3.26. The largest absolute Gasteiger partial charge is 0.492 e. The van der Waals surface area contributed by atoms with Crippen molar-refractivity contribution in [2.45, 2.75) is 20.4 Å². The second-order valence-electron chi connectivity index (χ2n) is 4.14. The first-order chi connectivity index (χ1) is 8.79. The van der Waals surface area contributed by atoms with E-state index in [-0.39, 0.29) is 0 Å². The maximum Gasteiger partial charge on any atom is 0.202 e. The molecular weight excluding hydrogens is 226 g/mol. The summed E-state index contributed by atoms with van der Waals surface area (Å²) in [6.45, 7) is 6.42. The van der Waals surface area contributed by atoms with Crippen LogP contribution in [0.5, 0.6) is 5.75 Å². The summed E-state index contributed by atoms with van der Waals surface area (Å²) in [6.07, 6.45) is 3.75. The van der Waals surface area contributed by atoms with E-state index < -0.39 is 0 Å². The fraction of sp³-hybridized carbons (Fsp3) is 0.357. The van der Waals surface area contributed by atoms with Gasteiger partial charge in [-0.15, -0.1) is 0 Å². The molecule has 96 valence electrons.